The molecule has 158 valence electrons. The van der Waals surface area contributed by atoms with Crippen LogP contribution in [0.2, 0.25) is 5.02 Å². The highest BCUT2D eigenvalue weighted by Gasteiger charge is 2.42. The van der Waals surface area contributed by atoms with Gasteiger partial charge in [0.05, 0.1) is 5.02 Å². The lowest BCUT2D eigenvalue weighted by Gasteiger charge is -2.29. The molecule has 1 fully saturated rings. The summed E-state index contributed by atoms with van der Waals surface area (Å²) in [5, 5.41) is 6.27. The van der Waals surface area contributed by atoms with Gasteiger partial charge >= 0.3 is 6.18 Å². The number of nitrogens with zero attached hydrogens (tertiary/aromatic N) is 3. The average molecular weight is 439 g/mol. The molecule has 0 bridgehead atoms. The van der Waals surface area contributed by atoms with Gasteiger partial charge in [0.1, 0.15) is 23.5 Å². The van der Waals surface area contributed by atoms with Crippen LogP contribution in [0, 0.1) is 0 Å². The van der Waals surface area contributed by atoms with Crippen molar-refractivity contribution in [1.29, 1.82) is 0 Å². The third-order valence-corrected chi connectivity index (χ3v) is 5.31. The molecule has 3 aromatic rings. The second kappa shape index (κ2) is 7.75. The SMILES string of the molecule is O=C(NCC(F)(F)F)C1(Nc2ccnc(-c3c[nH]c4ncc(Cl)cc34)n2)CCCC1. The summed E-state index contributed by atoms with van der Waals surface area (Å²) in [6, 6.07) is 3.32. The maximum Gasteiger partial charge on any atom is 0.405 e. The molecule has 0 spiro atoms. The zero-order valence-corrected chi connectivity index (χ0v) is 16.4. The van der Waals surface area contributed by atoms with Crippen molar-refractivity contribution in [2.45, 2.75) is 37.4 Å². The van der Waals surface area contributed by atoms with E-state index in [0.717, 1.165) is 18.2 Å². The summed E-state index contributed by atoms with van der Waals surface area (Å²) in [6.07, 6.45) is 2.58. The van der Waals surface area contributed by atoms with Crippen molar-refractivity contribution in [2.75, 3.05) is 11.9 Å². The molecule has 3 aromatic heterocycles. The predicted octanol–water partition coefficient (Wildman–Crippen LogP) is 4.08. The monoisotopic (exact) mass is 438 g/mol. The van der Waals surface area contributed by atoms with Gasteiger partial charge in [0.25, 0.3) is 0 Å². The maximum absolute atomic E-state index is 12.6. The van der Waals surface area contributed by atoms with Gasteiger partial charge in [-0.1, -0.05) is 24.4 Å². The number of hydrogen-bond acceptors (Lipinski definition) is 5. The Kier molecular flexibility index (Phi) is 5.27. The number of carbonyl (C=O) groups is 1. The molecule has 1 amide bonds. The predicted molar refractivity (Wildman–Crippen MR) is 106 cm³/mol. The molecule has 0 atom stereocenters. The van der Waals surface area contributed by atoms with E-state index in [9.17, 15) is 18.0 Å². The Bertz CT molecular complexity index is 1080. The molecule has 0 unspecified atom stereocenters. The highest BCUT2D eigenvalue weighted by Crippen LogP contribution is 2.34. The summed E-state index contributed by atoms with van der Waals surface area (Å²) in [4.78, 5) is 28.6. The van der Waals surface area contributed by atoms with E-state index < -0.39 is 24.2 Å². The largest absolute Gasteiger partial charge is 0.405 e. The number of aromatic nitrogens is 4. The molecule has 3 heterocycles. The lowest BCUT2D eigenvalue weighted by Crippen LogP contribution is -2.52. The van der Waals surface area contributed by atoms with Crippen LogP contribution < -0.4 is 10.6 Å². The van der Waals surface area contributed by atoms with Crippen LogP contribution in [-0.2, 0) is 4.79 Å². The number of hydrogen-bond donors (Lipinski definition) is 3. The molecule has 4 rings (SSSR count). The Hall–Kier alpha value is -2.88. The molecule has 0 saturated heterocycles. The third kappa shape index (κ3) is 4.18. The van der Waals surface area contributed by atoms with E-state index in [-0.39, 0.29) is 0 Å². The minimum atomic E-state index is -4.47. The van der Waals surface area contributed by atoms with E-state index in [1.807, 2.05) is 5.32 Å². The van der Waals surface area contributed by atoms with Crippen molar-refractivity contribution in [3.8, 4) is 11.4 Å². The fourth-order valence-electron chi connectivity index (χ4n) is 3.70. The number of nitrogens with one attached hydrogen (secondary N) is 3. The van der Waals surface area contributed by atoms with Gasteiger partial charge in [-0.05, 0) is 25.0 Å². The van der Waals surface area contributed by atoms with E-state index in [0.29, 0.717) is 40.7 Å². The second-order valence-electron chi connectivity index (χ2n) is 7.23. The van der Waals surface area contributed by atoms with Crippen molar-refractivity contribution in [3.05, 3.63) is 35.7 Å². The third-order valence-electron chi connectivity index (χ3n) is 5.10. The first-order valence-electron chi connectivity index (χ1n) is 9.35. The maximum atomic E-state index is 12.6. The molecular weight excluding hydrogens is 421 g/mol. The molecule has 0 aromatic carbocycles. The van der Waals surface area contributed by atoms with Crippen molar-refractivity contribution >= 4 is 34.4 Å². The van der Waals surface area contributed by atoms with E-state index in [1.54, 1.807) is 18.3 Å². The van der Waals surface area contributed by atoms with Gasteiger partial charge in [0, 0.05) is 29.5 Å². The van der Waals surface area contributed by atoms with Crippen LogP contribution in [0.15, 0.2) is 30.7 Å². The van der Waals surface area contributed by atoms with Crippen LogP contribution in [-0.4, -0.2) is 44.1 Å². The van der Waals surface area contributed by atoms with Crippen LogP contribution in [0.1, 0.15) is 25.7 Å². The molecular formula is C19H18ClF3N6O. The molecule has 11 heteroatoms. The zero-order chi connectivity index (χ0) is 21.4. The minimum Gasteiger partial charge on any atom is -0.356 e. The Labute approximate surface area is 174 Å². The fourth-order valence-corrected chi connectivity index (χ4v) is 3.86. The first-order valence-corrected chi connectivity index (χ1v) is 9.73. The topological polar surface area (TPSA) is 95.6 Å². The minimum absolute atomic E-state index is 0.355. The van der Waals surface area contributed by atoms with Crippen LogP contribution in [0.5, 0.6) is 0 Å². The zero-order valence-electron chi connectivity index (χ0n) is 15.7. The summed E-state index contributed by atoms with van der Waals surface area (Å²) in [7, 11) is 0. The molecule has 0 aliphatic heterocycles. The molecule has 3 N–H and O–H groups in total. The van der Waals surface area contributed by atoms with Crippen LogP contribution in [0.25, 0.3) is 22.4 Å². The van der Waals surface area contributed by atoms with Crippen LogP contribution >= 0.6 is 11.6 Å². The highest BCUT2D eigenvalue weighted by molar-refractivity contribution is 6.31. The van der Waals surface area contributed by atoms with Gasteiger partial charge in [-0.25, -0.2) is 15.0 Å². The Morgan fingerprint density at radius 2 is 2.03 bits per heavy atom. The van der Waals surface area contributed by atoms with Crippen molar-refractivity contribution in [1.82, 2.24) is 25.3 Å². The van der Waals surface area contributed by atoms with Gasteiger partial charge in [0.2, 0.25) is 5.91 Å². The number of aromatic amines is 1. The van der Waals surface area contributed by atoms with Crippen LogP contribution in [0.4, 0.5) is 19.0 Å². The molecule has 1 aliphatic carbocycles. The molecule has 1 saturated carbocycles. The van der Waals surface area contributed by atoms with E-state index in [1.165, 1.54) is 12.4 Å². The Morgan fingerprint density at radius 1 is 1.27 bits per heavy atom. The number of H-pyrrole nitrogens is 1. The number of anilines is 1. The van der Waals surface area contributed by atoms with E-state index >= 15 is 0 Å². The molecule has 30 heavy (non-hydrogen) atoms. The standard InChI is InChI=1S/C19H18ClF3N6O/c20-11-7-12-13(9-26-15(12)25-8-11)16-24-6-3-14(28-16)29-18(4-1-2-5-18)17(30)27-10-19(21,22)23/h3,6-9H,1-2,4-5,10H2,(H,25,26)(H,27,30)(H,24,28,29). The van der Waals surface area contributed by atoms with Crippen molar-refractivity contribution in [3.63, 3.8) is 0 Å². The van der Waals surface area contributed by atoms with E-state index in [4.69, 9.17) is 11.6 Å². The first kappa shape index (κ1) is 20.4. The normalized spacial score (nSPS) is 16.0. The van der Waals surface area contributed by atoms with Gasteiger partial charge < -0.3 is 15.6 Å². The second-order valence-corrected chi connectivity index (χ2v) is 7.67. The van der Waals surface area contributed by atoms with Gasteiger partial charge in [-0.3, -0.25) is 4.79 Å². The van der Waals surface area contributed by atoms with Crippen LogP contribution in [0.3, 0.4) is 0 Å². The highest BCUT2D eigenvalue weighted by atomic mass is 35.5. The Balaban J connectivity index is 1.61. The number of carbonyl (C=O) groups excluding carboxylic acids is 1. The summed E-state index contributed by atoms with van der Waals surface area (Å²) >= 11 is 6.04. The van der Waals surface area contributed by atoms with Crippen molar-refractivity contribution < 1.29 is 18.0 Å². The molecule has 1 aliphatic rings. The smallest absolute Gasteiger partial charge is 0.356 e. The number of pyridine rings is 1. The number of amides is 1. The Morgan fingerprint density at radius 3 is 2.77 bits per heavy atom. The quantitative estimate of drug-likeness (QED) is 0.558. The lowest BCUT2D eigenvalue weighted by molar-refractivity contribution is -0.141. The summed E-state index contributed by atoms with van der Waals surface area (Å²) in [5.74, 6) is 0.0492. The number of fused-ring (bicyclic) bond motifs is 1. The fraction of sp³-hybridized carbons (Fsp3) is 0.368. The first-order chi connectivity index (χ1) is 14.3. The van der Waals surface area contributed by atoms with Gasteiger partial charge in [0.15, 0.2) is 5.82 Å². The number of halogens is 4. The molecule has 7 nitrogen and oxygen atoms in total. The summed E-state index contributed by atoms with van der Waals surface area (Å²) in [5.41, 5.74) is 0.155. The number of rotatable bonds is 5. The molecule has 0 radical (unpaired) electrons. The van der Waals surface area contributed by atoms with E-state index in [2.05, 4.69) is 25.3 Å². The number of alkyl halides is 3. The summed E-state index contributed by atoms with van der Waals surface area (Å²) < 4.78 is 37.6. The van der Waals surface area contributed by atoms with Gasteiger partial charge in [-0.2, -0.15) is 13.2 Å². The van der Waals surface area contributed by atoms with Gasteiger partial charge in [-0.15, -0.1) is 0 Å². The summed E-state index contributed by atoms with van der Waals surface area (Å²) in [6.45, 7) is -1.37. The lowest BCUT2D eigenvalue weighted by atomic mass is 9.96. The average Bonchev–Trinajstić information content (AvgIpc) is 3.33. The van der Waals surface area contributed by atoms with Crippen molar-refractivity contribution in [2.24, 2.45) is 0 Å².